The zero-order valence-electron chi connectivity index (χ0n) is 10.2. The maximum atomic E-state index is 13.7. The lowest BCUT2D eigenvalue weighted by Gasteiger charge is -2.09. The Hall–Kier alpha value is -1.99. The molecule has 0 radical (unpaired) electrons. The Kier molecular flexibility index (Phi) is 4.31. The highest BCUT2D eigenvalue weighted by atomic mass is 79.9. The first-order chi connectivity index (χ1) is 9.52. The Labute approximate surface area is 122 Å². The van der Waals surface area contributed by atoms with Crippen molar-refractivity contribution in [2.75, 3.05) is 0 Å². The standard InChI is InChI=1S/C13H10BrFN2O3/c14-10-6-9(5-4-8(10)7-16)20-13-11(15)2-1-3-12(13)17(18)19/h1-6H,7,16H2. The van der Waals surface area contributed by atoms with Gasteiger partial charge in [-0.2, -0.15) is 0 Å². The number of halogens is 2. The van der Waals surface area contributed by atoms with Crippen LogP contribution in [0.15, 0.2) is 40.9 Å². The molecule has 0 amide bonds. The lowest BCUT2D eigenvalue weighted by Crippen LogP contribution is -1.99. The van der Waals surface area contributed by atoms with Gasteiger partial charge in [0.05, 0.1) is 4.92 Å². The highest BCUT2D eigenvalue weighted by Gasteiger charge is 2.20. The number of hydrogen-bond acceptors (Lipinski definition) is 4. The van der Waals surface area contributed by atoms with E-state index in [-0.39, 0.29) is 5.75 Å². The molecule has 2 N–H and O–H groups in total. The van der Waals surface area contributed by atoms with Gasteiger partial charge in [-0.05, 0) is 23.8 Å². The van der Waals surface area contributed by atoms with Crippen LogP contribution in [0.2, 0.25) is 0 Å². The van der Waals surface area contributed by atoms with Crippen molar-refractivity contribution in [1.29, 1.82) is 0 Å². The van der Waals surface area contributed by atoms with E-state index in [2.05, 4.69) is 15.9 Å². The number of para-hydroxylation sites is 1. The Morgan fingerprint density at radius 1 is 1.35 bits per heavy atom. The minimum Gasteiger partial charge on any atom is -0.447 e. The highest BCUT2D eigenvalue weighted by molar-refractivity contribution is 9.10. The number of hydrogen-bond donors (Lipinski definition) is 1. The fraction of sp³-hybridized carbons (Fsp3) is 0.0769. The van der Waals surface area contributed by atoms with Crippen LogP contribution in [0, 0.1) is 15.9 Å². The van der Waals surface area contributed by atoms with Crippen LogP contribution in [0.4, 0.5) is 10.1 Å². The van der Waals surface area contributed by atoms with Crippen LogP contribution in [0.5, 0.6) is 11.5 Å². The van der Waals surface area contributed by atoms with Crippen LogP contribution in [-0.4, -0.2) is 4.92 Å². The van der Waals surface area contributed by atoms with E-state index in [1.807, 2.05) is 0 Å². The lowest BCUT2D eigenvalue weighted by atomic mass is 10.2. The maximum Gasteiger partial charge on any atom is 0.314 e. The van der Waals surface area contributed by atoms with Crippen molar-refractivity contribution in [2.24, 2.45) is 5.73 Å². The topological polar surface area (TPSA) is 78.4 Å². The van der Waals surface area contributed by atoms with Crippen LogP contribution in [0.3, 0.4) is 0 Å². The van der Waals surface area contributed by atoms with Gasteiger partial charge in [0.2, 0.25) is 5.75 Å². The second kappa shape index (κ2) is 5.98. The van der Waals surface area contributed by atoms with Gasteiger partial charge in [0.1, 0.15) is 5.75 Å². The Balaban J connectivity index is 2.39. The van der Waals surface area contributed by atoms with Crippen molar-refractivity contribution in [3.05, 3.63) is 62.4 Å². The van der Waals surface area contributed by atoms with Crippen LogP contribution in [0.25, 0.3) is 0 Å². The molecule has 0 aromatic heterocycles. The molecule has 7 heteroatoms. The molecule has 0 saturated carbocycles. The molecule has 0 spiro atoms. The molecule has 104 valence electrons. The minimum absolute atomic E-state index is 0.280. The van der Waals surface area contributed by atoms with E-state index in [4.69, 9.17) is 10.5 Å². The van der Waals surface area contributed by atoms with Gasteiger partial charge in [-0.1, -0.05) is 28.1 Å². The molecule has 2 aromatic rings. The molecular formula is C13H10BrFN2O3. The fourth-order valence-electron chi connectivity index (χ4n) is 1.62. The first-order valence-electron chi connectivity index (χ1n) is 5.62. The zero-order chi connectivity index (χ0) is 14.7. The highest BCUT2D eigenvalue weighted by Crippen LogP contribution is 2.35. The predicted molar refractivity (Wildman–Crippen MR) is 75.2 cm³/mol. The largest absolute Gasteiger partial charge is 0.447 e. The van der Waals surface area contributed by atoms with E-state index in [0.29, 0.717) is 11.0 Å². The fourth-order valence-corrected chi connectivity index (χ4v) is 2.14. The third kappa shape index (κ3) is 2.94. The number of nitrogens with two attached hydrogens (primary N) is 1. The summed E-state index contributed by atoms with van der Waals surface area (Å²) in [7, 11) is 0. The van der Waals surface area contributed by atoms with E-state index in [0.717, 1.165) is 11.6 Å². The minimum atomic E-state index is -0.793. The summed E-state index contributed by atoms with van der Waals surface area (Å²) < 4.78 is 19.7. The third-order valence-electron chi connectivity index (χ3n) is 2.61. The van der Waals surface area contributed by atoms with Gasteiger partial charge in [0.25, 0.3) is 0 Å². The van der Waals surface area contributed by atoms with E-state index in [1.54, 1.807) is 18.2 Å². The number of nitro groups is 1. The summed E-state index contributed by atoms with van der Waals surface area (Å²) in [5.41, 5.74) is 5.94. The van der Waals surface area contributed by atoms with Crippen LogP contribution >= 0.6 is 15.9 Å². The van der Waals surface area contributed by atoms with Crippen LogP contribution in [-0.2, 0) is 6.54 Å². The number of rotatable bonds is 4. The molecule has 0 aliphatic carbocycles. The molecule has 0 bridgehead atoms. The molecule has 0 aliphatic rings. The molecule has 0 atom stereocenters. The summed E-state index contributed by atoms with van der Waals surface area (Å²) in [4.78, 5) is 10.2. The monoisotopic (exact) mass is 340 g/mol. The third-order valence-corrected chi connectivity index (χ3v) is 3.35. The Bertz CT molecular complexity index is 664. The van der Waals surface area contributed by atoms with Gasteiger partial charge >= 0.3 is 5.69 Å². The summed E-state index contributed by atoms with van der Waals surface area (Å²) in [6.07, 6.45) is 0. The molecule has 5 nitrogen and oxygen atoms in total. The van der Waals surface area contributed by atoms with Gasteiger partial charge in [-0.3, -0.25) is 10.1 Å². The van der Waals surface area contributed by atoms with E-state index in [1.165, 1.54) is 12.1 Å². The molecule has 0 unspecified atom stereocenters. The van der Waals surface area contributed by atoms with Crippen molar-refractivity contribution >= 4 is 21.6 Å². The van der Waals surface area contributed by atoms with Crippen LogP contribution in [0.1, 0.15) is 5.56 Å². The molecule has 2 aromatic carbocycles. The molecule has 2 rings (SSSR count). The van der Waals surface area contributed by atoms with Gasteiger partial charge in [0, 0.05) is 17.1 Å². The number of benzene rings is 2. The molecule has 0 saturated heterocycles. The molecule has 0 heterocycles. The van der Waals surface area contributed by atoms with Gasteiger partial charge in [-0.15, -0.1) is 0 Å². The van der Waals surface area contributed by atoms with Gasteiger partial charge in [0.15, 0.2) is 5.82 Å². The first-order valence-corrected chi connectivity index (χ1v) is 6.41. The molecule has 0 aliphatic heterocycles. The summed E-state index contributed by atoms with van der Waals surface area (Å²) in [6, 6.07) is 8.40. The normalized spacial score (nSPS) is 10.3. The lowest BCUT2D eigenvalue weighted by molar-refractivity contribution is -0.385. The van der Waals surface area contributed by atoms with E-state index in [9.17, 15) is 14.5 Å². The number of nitrogens with zero attached hydrogens (tertiary/aromatic N) is 1. The van der Waals surface area contributed by atoms with E-state index >= 15 is 0 Å². The second-order valence-electron chi connectivity index (χ2n) is 3.90. The quantitative estimate of drug-likeness (QED) is 0.679. The smallest absolute Gasteiger partial charge is 0.314 e. The number of ether oxygens (including phenoxy) is 1. The number of nitro benzene ring substituents is 1. The molecular weight excluding hydrogens is 331 g/mol. The maximum absolute atomic E-state index is 13.7. The van der Waals surface area contributed by atoms with E-state index < -0.39 is 22.2 Å². The van der Waals surface area contributed by atoms with Crippen molar-refractivity contribution in [1.82, 2.24) is 0 Å². The Morgan fingerprint density at radius 3 is 2.70 bits per heavy atom. The van der Waals surface area contributed by atoms with Gasteiger partial charge < -0.3 is 10.5 Å². The van der Waals surface area contributed by atoms with Crippen molar-refractivity contribution < 1.29 is 14.1 Å². The Morgan fingerprint density at radius 2 is 2.10 bits per heavy atom. The first kappa shape index (κ1) is 14.4. The van der Waals surface area contributed by atoms with Crippen LogP contribution < -0.4 is 10.5 Å². The summed E-state index contributed by atoms with van der Waals surface area (Å²) in [5.74, 6) is -0.926. The predicted octanol–water partition coefficient (Wildman–Crippen LogP) is 3.75. The molecule has 0 fully saturated rings. The van der Waals surface area contributed by atoms with Crippen molar-refractivity contribution in [3.8, 4) is 11.5 Å². The van der Waals surface area contributed by atoms with Crippen molar-refractivity contribution in [3.63, 3.8) is 0 Å². The summed E-state index contributed by atoms with van der Waals surface area (Å²) in [6.45, 7) is 0.334. The van der Waals surface area contributed by atoms with Crippen molar-refractivity contribution in [2.45, 2.75) is 6.54 Å². The zero-order valence-corrected chi connectivity index (χ0v) is 11.8. The summed E-state index contributed by atoms with van der Waals surface area (Å²) in [5, 5.41) is 10.9. The molecule has 20 heavy (non-hydrogen) atoms. The average molecular weight is 341 g/mol. The average Bonchev–Trinajstić information content (AvgIpc) is 2.41. The van der Waals surface area contributed by atoms with Gasteiger partial charge in [-0.25, -0.2) is 4.39 Å². The SMILES string of the molecule is NCc1ccc(Oc2c(F)cccc2[N+](=O)[O-])cc1Br. The second-order valence-corrected chi connectivity index (χ2v) is 4.76. The summed E-state index contributed by atoms with van der Waals surface area (Å²) >= 11 is 3.30.